The highest BCUT2D eigenvalue weighted by molar-refractivity contribution is 5.84. The maximum atomic E-state index is 11.5. The van der Waals surface area contributed by atoms with Crippen molar-refractivity contribution >= 4 is 11.9 Å². The molecule has 1 heterocycles. The smallest absolute Gasteiger partial charge is 0.321 e. The predicted molar refractivity (Wildman–Crippen MR) is 50.7 cm³/mol. The Labute approximate surface area is 82.9 Å². The zero-order chi connectivity index (χ0) is 10.6. The third-order valence-electron chi connectivity index (χ3n) is 2.42. The second-order valence-corrected chi connectivity index (χ2v) is 3.59. The normalized spacial score (nSPS) is 19.1. The number of likely N-dealkylation sites (tertiary alicyclic amines) is 1. The van der Waals surface area contributed by atoms with E-state index in [0.29, 0.717) is 0 Å². The summed E-state index contributed by atoms with van der Waals surface area (Å²) in [5.74, 6) is -1.25. The molecule has 0 radical (unpaired) electrons. The van der Waals surface area contributed by atoms with E-state index in [-0.39, 0.29) is 12.3 Å². The number of carbonyl (C=O) groups is 2. The van der Waals surface area contributed by atoms with Crippen molar-refractivity contribution in [3.05, 3.63) is 0 Å². The third-order valence-corrected chi connectivity index (χ3v) is 2.42. The molecule has 0 aromatic heterocycles. The summed E-state index contributed by atoms with van der Waals surface area (Å²) in [4.78, 5) is 23.6. The maximum Gasteiger partial charge on any atom is 0.321 e. The molecule has 0 aromatic carbocycles. The second-order valence-electron chi connectivity index (χ2n) is 3.59. The fourth-order valence-corrected chi connectivity index (χ4v) is 1.55. The average molecular weight is 200 g/mol. The molecule has 3 N–H and O–H groups in total. The number of nitrogens with zero attached hydrogens (tertiary/aromatic N) is 1. The molecule has 0 spiro atoms. The number of nitrogens with two attached hydrogens (primary N) is 1. The fourth-order valence-electron chi connectivity index (χ4n) is 1.55. The van der Waals surface area contributed by atoms with E-state index in [1.165, 1.54) is 0 Å². The molecule has 0 bridgehead atoms. The van der Waals surface area contributed by atoms with Crippen molar-refractivity contribution < 1.29 is 14.7 Å². The van der Waals surface area contributed by atoms with E-state index in [9.17, 15) is 9.59 Å². The summed E-state index contributed by atoms with van der Waals surface area (Å²) in [5, 5.41) is 8.53. The molecule has 80 valence electrons. The number of aliphatic carboxylic acids is 1. The molecule has 14 heavy (non-hydrogen) atoms. The Kier molecular flexibility index (Phi) is 3.88. The molecule has 0 aliphatic carbocycles. The molecule has 1 amide bonds. The molecule has 1 rings (SSSR count). The standard InChI is InChI=1S/C9H16N2O3/c10-7(9(13)14)6-8(12)11-4-2-1-3-5-11/h7H,1-6,10H2,(H,13,14). The number of amides is 1. The monoisotopic (exact) mass is 200 g/mol. The molecule has 1 unspecified atom stereocenters. The lowest BCUT2D eigenvalue weighted by Crippen LogP contribution is -2.41. The zero-order valence-electron chi connectivity index (χ0n) is 8.11. The topological polar surface area (TPSA) is 83.6 Å². The van der Waals surface area contributed by atoms with E-state index in [2.05, 4.69) is 0 Å². The van der Waals surface area contributed by atoms with Crippen LogP contribution >= 0.6 is 0 Å². The van der Waals surface area contributed by atoms with Crippen LogP contribution in [0.25, 0.3) is 0 Å². The number of carboxylic acid groups (broad SMARTS) is 1. The minimum atomic E-state index is -1.12. The summed E-state index contributed by atoms with van der Waals surface area (Å²) in [5.41, 5.74) is 5.28. The average Bonchev–Trinajstić information content (AvgIpc) is 2.19. The second kappa shape index (κ2) is 4.95. The molecular formula is C9H16N2O3. The van der Waals surface area contributed by atoms with Crippen molar-refractivity contribution in [1.29, 1.82) is 0 Å². The Balaban J connectivity index is 2.36. The molecule has 5 nitrogen and oxygen atoms in total. The molecule has 5 heteroatoms. The van der Waals surface area contributed by atoms with Crippen LogP contribution in [-0.2, 0) is 9.59 Å². The Morgan fingerprint density at radius 3 is 2.36 bits per heavy atom. The van der Waals surface area contributed by atoms with Gasteiger partial charge in [-0.3, -0.25) is 9.59 Å². The van der Waals surface area contributed by atoms with Crippen LogP contribution in [0.5, 0.6) is 0 Å². The van der Waals surface area contributed by atoms with E-state index in [1.54, 1.807) is 4.90 Å². The molecule has 1 fully saturated rings. The lowest BCUT2D eigenvalue weighted by Gasteiger charge is -2.27. The number of carboxylic acids is 1. The van der Waals surface area contributed by atoms with Crippen molar-refractivity contribution in [2.45, 2.75) is 31.7 Å². The summed E-state index contributed by atoms with van der Waals surface area (Å²) in [7, 11) is 0. The molecular weight excluding hydrogens is 184 g/mol. The van der Waals surface area contributed by atoms with Crippen LogP contribution in [-0.4, -0.2) is 41.0 Å². The number of hydrogen-bond acceptors (Lipinski definition) is 3. The van der Waals surface area contributed by atoms with E-state index < -0.39 is 12.0 Å². The minimum Gasteiger partial charge on any atom is -0.480 e. The van der Waals surface area contributed by atoms with Crippen LogP contribution in [0.1, 0.15) is 25.7 Å². The van der Waals surface area contributed by atoms with Crippen LogP contribution in [0.3, 0.4) is 0 Å². The SMILES string of the molecule is NC(CC(=O)N1CCCCC1)C(=O)O. The first kappa shape index (κ1) is 11.0. The van der Waals surface area contributed by atoms with Gasteiger partial charge in [0.2, 0.25) is 5.91 Å². The van der Waals surface area contributed by atoms with Crippen LogP contribution in [0.4, 0.5) is 0 Å². The zero-order valence-corrected chi connectivity index (χ0v) is 8.11. The Morgan fingerprint density at radius 1 is 1.29 bits per heavy atom. The van der Waals surface area contributed by atoms with Crippen LogP contribution in [0.15, 0.2) is 0 Å². The number of piperidine rings is 1. The van der Waals surface area contributed by atoms with Crippen molar-refractivity contribution in [2.75, 3.05) is 13.1 Å². The van der Waals surface area contributed by atoms with Crippen LogP contribution in [0.2, 0.25) is 0 Å². The molecule has 0 saturated carbocycles. The molecule has 1 aliphatic heterocycles. The van der Waals surface area contributed by atoms with E-state index in [0.717, 1.165) is 32.4 Å². The van der Waals surface area contributed by atoms with E-state index >= 15 is 0 Å². The lowest BCUT2D eigenvalue weighted by atomic mass is 10.1. The van der Waals surface area contributed by atoms with Gasteiger partial charge in [-0.1, -0.05) is 0 Å². The maximum absolute atomic E-state index is 11.5. The van der Waals surface area contributed by atoms with Gasteiger partial charge in [0.25, 0.3) is 0 Å². The highest BCUT2D eigenvalue weighted by Gasteiger charge is 2.21. The van der Waals surface area contributed by atoms with Gasteiger partial charge in [-0.05, 0) is 19.3 Å². The van der Waals surface area contributed by atoms with Gasteiger partial charge in [0.1, 0.15) is 6.04 Å². The first-order chi connectivity index (χ1) is 6.61. The van der Waals surface area contributed by atoms with Crippen LogP contribution in [0, 0.1) is 0 Å². The van der Waals surface area contributed by atoms with Crippen molar-refractivity contribution in [3.8, 4) is 0 Å². The molecule has 1 aliphatic rings. The van der Waals surface area contributed by atoms with Crippen molar-refractivity contribution in [2.24, 2.45) is 5.73 Å². The number of rotatable bonds is 3. The summed E-state index contributed by atoms with van der Waals surface area (Å²) >= 11 is 0. The van der Waals surface area contributed by atoms with Crippen molar-refractivity contribution in [1.82, 2.24) is 4.90 Å². The quantitative estimate of drug-likeness (QED) is 0.661. The number of carbonyl (C=O) groups excluding carboxylic acids is 1. The Bertz CT molecular complexity index is 224. The summed E-state index contributed by atoms with van der Waals surface area (Å²) in [6.45, 7) is 1.48. The van der Waals surface area contributed by atoms with Crippen LogP contribution < -0.4 is 5.73 Å². The van der Waals surface area contributed by atoms with Gasteiger partial charge in [-0.2, -0.15) is 0 Å². The predicted octanol–water partition coefficient (Wildman–Crippen LogP) is -0.199. The first-order valence-electron chi connectivity index (χ1n) is 4.87. The summed E-state index contributed by atoms with van der Waals surface area (Å²) in [6.07, 6.45) is 3.08. The van der Waals surface area contributed by atoms with Gasteiger partial charge in [0.05, 0.1) is 6.42 Å². The van der Waals surface area contributed by atoms with E-state index in [4.69, 9.17) is 10.8 Å². The van der Waals surface area contributed by atoms with E-state index in [1.807, 2.05) is 0 Å². The fraction of sp³-hybridized carbons (Fsp3) is 0.778. The van der Waals surface area contributed by atoms with Gasteiger partial charge >= 0.3 is 5.97 Å². The van der Waals surface area contributed by atoms with Crippen molar-refractivity contribution in [3.63, 3.8) is 0 Å². The highest BCUT2D eigenvalue weighted by atomic mass is 16.4. The van der Waals surface area contributed by atoms with Gasteiger partial charge in [0.15, 0.2) is 0 Å². The molecule has 1 atom stereocenters. The largest absolute Gasteiger partial charge is 0.480 e. The molecule has 1 saturated heterocycles. The minimum absolute atomic E-state index is 0.0880. The summed E-state index contributed by atoms with van der Waals surface area (Å²) in [6, 6.07) is -1.07. The van der Waals surface area contributed by atoms with Gasteiger partial charge < -0.3 is 15.7 Å². The highest BCUT2D eigenvalue weighted by Crippen LogP contribution is 2.10. The lowest BCUT2D eigenvalue weighted by molar-refractivity contribution is -0.142. The third kappa shape index (κ3) is 2.99. The molecule has 0 aromatic rings. The van der Waals surface area contributed by atoms with Gasteiger partial charge in [-0.25, -0.2) is 0 Å². The van der Waals surface area contributed by atoms with Gasteiger partial charge in [-0.15, -0.1) is 0 Å². The summed E-state index contributed by atoms with van der Waals surface area (Å²) < 4.78 is 0. The Hall–Kier alpha value is -1.10. The first-order valence-corrected chi connectivity index (χ1v) is 4.87. The Morgan fingerprint density at radius 2 is 1.86 bits per heavy atom. The van der Waals surface area contributed by atoms with Gasteiger partial charge in [0, 0.05) is 13.1 Å². The number of hydrogen-bond donors (Lipinski definition) is 2.